The van der Waals surface area contributed by atoms with Crippen molar-refractivity contribution in [3.8, 4) is 0 Å². The van der Waals surface area contributed by atoms with E-state index in [1.807, 2.05) is 0 Å². The van der Waals surface area contributed by atoms with Crippen molar-refractivity contribution in [2.24, 2.45) is 5.41 Å². The Morgan fingerprint density at radius 2 is 1.86 bits per heavy atom. The smallest absolute Gasteiger partial charge is 0.0897 e. The number of aliphatic hydroxyl groups is 2. The maximum atomic E-state index is 9.83. The van der Waals surface area contributed by atoms with Gasteiger partial charge in [0, 0.05) is 31.7 Å². The fourth-order valence-corrected chi connectivity index (χ4v) is 2.76. The maximum absolute atomic E-state index is 9.83. The Hall–Kier alpha value is -0.200. The van der Waals surface area contributed by atoms with Gasteiger partial charge in [-0.2, -0.15) is 0 Å². The first-order valence-corrected chi connectivity index (χ1v) is 8.37. The van der Waals surface area contributed by atoms with Crippen LogP contribution in [-0.2, 0) is 9.47 Å². The zero-order valence-electron chi connectivity index (χ0n) is 13.5. The molecule has 0 aliphatic heterocycles. The van der Waals surface area contributed by atoms with Crippen molar-refractivity contribution in [2.45, 2.75) is 51.6 Å². The van der Waals surface area contributed by atoms with Gasteiger partial charge in [0.1, 0.15) is 0 Å². The average molecular weight is 303 g/mol. The molecule has 0 saturated heterocycles. The topological polar surface area (TPSA) is 71.0 Å². The maximum Gasteiger partial charge on any atom is 0.0897 e. The van der Waals surface area contributed by atoms with E-state index in [1.165, 1.54) is 12.8 Å². The minimum absolute atomic E-state index is 0.0354. The predicted octanol–water partition coefficient (Wildman–Crippen LogP) is 1.32. The number of hydrogen-bond donors (Lipinski definition) is 3. The summed E-state index contributed by atoms with van der Waals surface area (Å²) in [7, 11) is 0. The summed E-state index contributed by atoms with van der Waals surface area (Å²) in [5.41, 5.74) is 0.0354. The number of rotatable bonds is 13. The molecule has 1 atom stereocenters. The second-order valence-electron chi connectivity index (χ2n) is 6.19. The van der Waals surface area contributed by atoms with E-state index in [2.05, 4.69) is 12.2 Å². The summed E-state index contributed by atoms with van der Waals surface area (Å²) in [5.74, 6) is 0. The first kappa shape index (κ1) is 18.8. The molecule has 126 valence electrons. The van der Waals surface area contributed by atoms with Gasteiger partial charge in [-0.05, 0) is 19.3 Å². The quantitative estimate of drug-likeness (QED) is 0.448. The van der Waals surface area contributed by atoms with E-state index in [0.717, 1.165) is 38.8 Å². The lowest BCUT2D eigenvalue weighted by Crippen LogP contribution is -2.39. The number of unbranched alkanes of at least 4 members (excludes halogenated alkanes) is 1. The van der Waals surface area contributed by atoms with E-state index in [-0.39, 0.29) is 12.0 Å². The summed E-state index contributed by atoms with van der Waals surface area (Å²) in [6, 6.07) is 0. The zero-order valence-corrected chi connectivity index (χ0v) is 13.5. The van der Waals surface area contributed by atoms with E-state index in [4.69, 9.17) is 9.47 Å². The van der Waals surface area contributed by atoms with Gasteiger partial charge >= 0.3 is 0 Å². The molecule has 3 N–H and O–H groups in total. The third-order valence-electron chi connectivity index (χ3n) is 4.20. The molecule has 0 heterocycles. The molecule has 5 nitrogen and oxygen atoms in total. The van der Waals surface area contributed by atoms with Crippen LogP contribution in [0.25, 0.3) is 0 Å². The molecule has 21 heavy (non-hydrogen) atoms. The van der Waals surface area contributed by atoms with E-state index in [1.54, 1.807) is 0 Å². The van der Waals surface area contributed by atoms with Gasteiger partial charge < -0.3 is 25.0 Å². The molecule has 1 aliphatic carbocycles. The fourth-order valence-electron chi connectivity index (χ4n) is 2.76. The van der Waals surface area contributed by atoms with Gasteiger partial charge in [-0.1, -0.05) is 26.2 Å². The minimum atomic E-state index is -0.502. The normalized spacial score (nSPS) is 19.0. The Bertz CT molecular complexity index is 244. The SMILES string of the molecule is CCCCOCCOCC(O)CNCC1(CO)CCCC1. The second kappa shape index (κ2) is 11.4. The standard InChI is InChI=1S/C16H33NO4/c1-2-3-8-20-9-10-21-12-15(19)11-17-13-16(14-18)6-4-5-7-16/h15,17-19H,2-14H2,1H3. The molecule has 0 radical (unpaired) electrons. The molecule has 1 unspecified atom stereocenters. The lowest BCUT2D eigenvalue weighted by Gasteiger charge is -2.27. The Balaban J connectivity index is 1.95. The monoisotopic (exact) mass is 303 g/mol. The molecular formula is C16H33NO4. The number of nitrogens with one attached hydrogen (secondary N) is 1. The fraction of sp³-hybridized carbons (Fsp3) is 1.00. The van der Waals surface area contributed by atoms with E-state index >= 15 is 0 Å². The lowest BCUT2D eigenvalue weighted by atomic mass is 9.87. The Kier molecular flexibility index (Phi) is 10.2. The van der Waals surface area contributed by atoms with Crippen LogP contribution in [0, 0.1) is 5.41 Å². The summed E-state index contributed by atoms with van der Waals surface area (Å²) in [6.07, 6.45) is 6.28. The van der Waals surface area contributed by atoms with Gasteiger partial charge in [0.2, 0.25) is 0 Å². The highest BCUT2D eigenvalue weighted by Gasteiger charge is 2.32. The summed E-state index contributed by atoms with van der Waals surface area (Å²) >= 11 is 0. The summed E-state index contributed by atoms with van der Waals surface area (Å²) in [6.45, 7) is 5.90. The Morgan fingerprint density at radius 1 is 1.14 bits per heavy atom. The Morgan fingerprint density at radius 3 is 2.52 bits per heavy atom. The van der Waals surface area contributed by atoms with Crippen LogP contribution < -0.4 is 5.32 Å². The van der Waals surface area contributed by atoms with Gasteiger partial charge in [-0.15, -0.1) is 0 Å². The van der Waals surface area contributed by atoms with E-state index in [0.29, 0.717) is 26.4 Å². The van der Waals surface area contributed by atoms with Crippen molar-refractivity contribution in [3.05, 3.63) is 0 Å². The molecule has 0 spiro atoms. The van der Waals surface area contributed by atoms with Gasteiger partial charge in [0.15, 0.2) is 0 Å². The van der Waals surface area contributed by atoms with Crippen molar-refractivity contribution in [3.63, 3.8) is 0 Å². The van der Waals surface area contributed by atoms with Crippen molar-refractivity contribution in [1.29, 1.82) is 0 Å². The third kappa shape index (κ3) is 8.12. The molecule has 0 bridgehead atoms. The molecule has 0 aromatic rings. The van der Waals surface area contributed by atoms with Crippen LogP contribution >= 0.6 is 0 Å². The molecule has 1 aliphatic rings. The molecule has 5 heteroatoms. The summed E-state index contributed by atoms with van der Waals surface area (Å²) in [5, 5.41) is 22.6. The van der Waals surface area contributed by atoms with Gasteiger partial charge in [0.25, 0.3) is 0 Å². The average Bonchev–Trinajstić information content (AvgIpc) is 2.96. The van der Waals surface area contributed by atoms with Gasteiger partial charge in [0.05, 0.1) is 25.9 Å². The van der Waals surface area contributed by atoms with E-state index in [9.17, 15) is 10.2 Å². The van der Waals surface area contributed by atoms with Crippen LogP contribution in [-0.4, -0.2) is 62.4 Å². The molecule has 1 rings (SSSR count). The summed E-state index contributed by atoms with van der Waals surface area (Å²) < 4.78 is 10.8. The molecule has 1 saturated carbocycles. The number of aliphatic hydroxyl groups excluding tert-OH is 2. The van der Waals surface area contributed by atoms with Crippen molar-refractivity contribution >= 4 is 0 Å². The molecule has 0 aromatic heterocycles. The largest absolute Gasteiger partial charge is 0.396 e. The predicted molar refractivity (Wildman–Crippen MR) is 83.4 cm³/mol. The van der Waals surface area contributed by atoms with Crippen LogP contribution in [0.1, 0.15) is 45.4 Å². The van der Waals surface area contributed by atoms with Crippen molar-refractivity contribution in [2.75, 3.05) is 46.1 Å². The summed E-state index contributed by atoms with van der Waals surface area (Å²) in [4.78, 5) is 0. The molecule has 0 amide bonds. The minimum Gasteiger partial charge on any atom is -0.396 e. The number of hydrogen-bond acceptors (Lipinski definition) is 5. The highest BCUT2D eigenvalue weighted by Crippen LogP contribution is 2.36. The lowest BCUT2D eigenvalue weighted by molar-refractivity contribution is 0.00267. The zero-order chi connectivity index (χ0) is 15.4. The number of ether oxygens (including phenoxy) is 2. The third-order valence-corrected chi connectivity index (χ3v) is 4.20. The van der Waals surface area contributed by atoms with Crippen LogP contribution in [0.2, 0.25) is 0 Å². The first-order chi connectivity index (χ1) is 10.2. The highest BCUT2D eigenvalue weighted by molar-refractivity contribution is 4.86. The Labute approximate surface area is 129 Å². The molecule has 1 fully saturated rings. The van der Waals surface area contributed by atoms with Crippen LogP contribution in [0.4, 0.5) is 0 Å². The van der Waals surface area contributed by atoms with Crippen LogP contribution in [0.15, 0.2) is 0 Å². The van der Waals surface area contributed by atoms with Crippen LogP contribution in [0.5, 0.6) is 0 Å². The van der Waals surface area contributed by atoms with Crippen molar-refractivity contribution < 1.29 is 19.7 Å². The highest BCUT2D eigenvalue weighted by atomic mass is 16.5. The van der Waals surface area contributed by atoms with E-state index < -0.39 is 6.10 Å². The van der Waals surface area contributed by atoms with Gasteiger partial charge in [-0.25, -0.2) is 0 Å². The second-order valence-corrected chi connectivity index (χ2v) is 6.19. The molecule has 0 aromatic carbocycles. The van der Waals surface area contributed by atoms with Crippen LogP contribution in [0.3, 0.4) is 0 Å². The van der Waals surface area contributed by atoms with Crippen molar-refractivity contribution in [1.82, 2.24) is 5.32 Å². The first-order valence-electron chi connectivity index (χ1n) is 8.37. The van der Waals surface area contributed by atoms with Gasteiger partial charge in [-0.3, -0.25) is 0 Å². The molecular weight excluding hydrogens is 270 g/mol.